The summed E-state index contributed by atoms with van der Waals surface area (Å²) in [5.74, 6) is 0. The molecule has 0 unspecified atom stereocenters. The first-order valence-corrected chi connectivity index (χ1v) is 30.1. The molecule has 0 fully saturated rings. The predicted molar refractivity (Wildman–Crippen MR) is 271 cm³/mol. The average Bonchev–Trinajstić information content (AvgIpc) is 4.05. The van der Waals surface area contributed by atoms with Gasteiger partial charge in [-0.2, -0.15) is 24.3 Å². The second-order valence-corrected chi connectivity index (χ2v) is 27.1. The van der Waals surface area contributed by atoms with Crippen LogP contribution in [0.5, 0.6) is 0 Å². The molecule has 10 aromatic carbocycles. The Labute approximate surface area is 420 Å². The van der Waals surface area contributed by atoms with Crippen molar-refractivity contribution in [3.05, 3.63) is 226 Å². The SMILES string of the molecule is C[Si](=[Ti+2])c1ccccc1.C[Si](=[Ti+2])c1ccccc1.Cc1cc2c(C)cccc2[cH-]1.Cc1cc2c(C)cccc2[cH-]1.Cc1cc2c(C)cccc2[cH-]1.Cc1cc2c(C)cccc2[cH-]1.[Cl-].[Cl-]. The summed E-state index contributed by atoms with van der Waals surface area (Å²) in [7, 11) is 0. The van der Waals surface area contributed by atoms with Crippen LogP contribution in [-0.4, -0.2) is 12.4 Å². The molecule has 0 radical (unpaired) electrons. The molecule has 0 saturated carbocycles. The molecule has 64 heavy (non-hydrogen) atoms. The van der Waals surface area contributed by atoms with Gasteiger partial charge in [0.25, 0.3) is 0 Å². The van der Waals surface area contributed by atoms with E-state index in [2.05, 4.69) is 289 Å². The first-order valence-electron chi connectivity index (χ1n) is 21.4. The molecular formula is C58H60Cl2Si2Ti2-2. The Hall–Kier alpha value is -3.80. The molecule has 10 aromatic rings. The van der Waals surface area contributed by atoms with E-state index in [-0.39, 0.29) is 37.2 Å². The Bertz CT molecular complexity index is 2640. The minimum Gasteiger partial charge on any atom is -1.00 e. The normalized spacial score (nSPS) is 9.97. The van der Waals surface area contributed by atoms with Crippen molar-refractivity contribution in [1.82, 2.24) is 0 Å². The molecule has 6 heteroatoms. The van der Waals surface area contributed by atoms with E-state index in [9.17, 15) is 0 Å². The van der Waals surface area contributed by atoms with Crippen LogP contribution in [0.2, 0.25) is 13.1 Å². The molecule has 10 rings (SSSR count). The monoisotopic (exact) mass is 978 g/mol. The van der Waals surface area contributed by atoms with Crippen LogP contribution in [0, 0.1) is 55.4 Å². The van der Waals surface area contributed by atoms with Crippen LogP contribution in [0.3, 0.4) is 0 Å². The largest absolute Gasteiger partial charge is 1.00 e. The van der Waals surface area contributed by atoms with Crippen LogP contribution in [0.15, 0.2) is 182 Å². The van der Waals surface area contributed by atoms with E-state index in [0.29, 0.717) is 0 Å². The maximum absolute atomic E-state index is 2.31. The fraction of sp³-hybridized carbons (Fsp3) is 0.172. The zero-order valence-corrected chi connectivity index (χ0v) is 45.7. The van der Waals surface area contributed by atoms with E-state index in [1.165, 1.54) is 98.0 Å². The van der Waals surface area contributed by atoms with Gasteiger partial charge in [-0.1, -0.05) is 74.2 Å². The van der Waals surface area contributed by atoms with Crippen molar-refractivity contribution in [2.75, 3.05) is 0 Å². The van der Waals surface area contributed by atoms with Crippen molar-refractivity contribution in [2.45, 2.75) is 68.5 Å². The van der Waals surface area contributed by atoms with Gasteiger partial charge in [0.05, 0.1) is 0 Å². The zero-order valence-electron chi connectivity index (χ0n) is 39.1. The van der Waals surface area contributed by atoms with Gasteiger partial charge in [0.15, 0.2) is 0 Å². The smallest absolute Gasteiger partial charge is 0.0488 e. The standard InChI is InChI=1S/4C11H11.2C7H8Si.2ClH.2Ti/c4*1-8-6-10-5-3-4-9(2)11(10)7-8;2*1-8-7-5-3-2-4-6-7;;;;/h4*3-7H,1-2H3;2*2-6H,1H3;2*1H;;/q4*-1;;;;;2*+2/p-2. The fourth-order valence-electron chi connectivity index (χ4n) is 7.54. The Morgan fingerprint density at radius 3 is 0.703 bits per heavy atom. The van der Waals surface area contributed by atoms with E-state index in [1.54, 1.807) is 0 Å². The molecule has 0 aliphatic rings. The van der Waals surface area contributed by atoms with Gasteiger partial charge in [0.2, 0.25) is 0 Å². The Balaban J connectivity index is 0.000000203. The van der Waals surface area contributed by atoms with Crippen molar-refractivity contribution in [3.63, 3.8) is 0 Å². The van der Waals surface area contributed by atoms with E-state index in [1.807, 2.05) is 0 Å². The molecule has 324 valence electrons. The molecule has 0 aliphatic heterocycles. The molecule has 0 saturated heterocycles. The van der Waals surface area contributed by atoms with Crippen LogP contribution in [0.4, 0.5) is 0 Å². The van der Waals surface area contributed by atoms with E-state index in [4.69, 9.17) is 0 Å². The molecule has 0 spiro atoms. The number of fused-ring (bicyclic) bond motifs is 4. The zero-order chi connectivity index (χ0) is 44.8. The van der Waals surface area contributed by atoms with E-state index in [0.717, 1.165) is 0 Å². The average molecular weight is 980 g/mol. The van der Waals surface area contributed by atoms with Gasteiger partial charge in [-0.15, -0.1) is 138 Å². The number of hydrogen-bond acceptors (Lipinski definition) is 0. The topological polar surface area (TPSA) is 0 Å². The third-order valence-electron chi connectivity index (χ3n) is 10.9. The van der Waals surface area contributed by atoms with Crippen molar-refractivity contribution < 1.29 is 63.2 Å². The molecule has 0 heterocycles. The summed E-state index contributed by atoms with van der Waals surface area (Å²) in [5, 5.41) is 14.1. The van der Waals surface area contributed by atoms with Crippen LogP contribution in [0.25, 0.3) is 43.1 Å². The van der Waals surface area contributed by atoms with Crippen molar-refractivity contribution in [1.29, 1.82) is 0 Å². The number of aryl methyl sites for hydroxylation is 8. The van der Waals surface area contributed by atoms with Crippen LogP contribution in [-0.2, 0) is 38.3 Å². The number of hydrogen-bond donors (Lipinski definition) is 0. The summed E-state index contributed by atoms with van der Waals surface area (Å²) >= 11 is 4.61. The van der Waals surface area contributed by atoms with Crippen LogP contribution >= 0.6 is 0 Å². The van der Waals surface area contributed by atoms with Gasteiger partial charge in [0.1, 0.15) is 0 Å². The van der Waals surface area contributed by atoms with Crippen molar-refractivity contribution in [3.8, 4) is 0 Å². The Morgan fingerprint density at radius 2 is 0.531 bits per heavy atom. The summed E-state index contributed by atoms with van der Waals surface area (Å²) in [6, 6.07) is 64.9. The first-order chi connectivity index (χ1) is 29.7. The predicted octanol–water partition coefficient (Wildman–Crippen LogP) is 8.83. The summed E-state index contributed by atoms with van der Waals surface area (Å²) < 4.78 is 0. The molecule has 0 N–H and O–H groups in total. The molecule has 0 nitrogen and oxygen atoms in total. The molecule has 0 amide bonds. The maximum atomic E-state index is 2.31. The van der Waals surface area contributed by atoms with Crippen molar-refractivity contribution >= 4 is 65.8 Å². The minimum absolute atomic E-state index is 0. The van der Waals surface area contributed by atoms with E-state index < -0.39 is 0 Å². The molecule has 0 atom stereocenters. The quantitative estimate of drug-likeness (QED) is 0.120. The second-order valence-electron chi connectivity index (χ2n) is 16.4. The second kappa shape index (κ2) is 27.0. The van der Waals surface area contributed by atoms with Gasteiger partial charge >= 0.3 is 135 Å². The van der Waals surface area contributed by atoms with Crippen LogP contribution in [0.1, 0.15) is 44.5 Å². The maximum Gasteiger partial charge on any atom is -0.0488 e. The van der Waals surface area contributed by atoms with Crippen LogP contribution < -0.4 is 35.2 Å². The minimum atomic E-state index is -0.212. The van der Waals surface area contributed by atoms with Crippen molar-refractivity contribution in [2.24, 2.45) is 0 Å². The third kappa shape index (κ3) is 16.3. The molecular weight excluding hydrogens is 919 g/mol. The summed E-state index contributed by atoms with van der Waals surface area (Å²) in [4.78, 5) is 0. The van der Waals surface area contributed by atoms with Gasteiger partial charge in [0, 0.05) is 0 Å². The number of rotatable bonds is 2. The van der Waals surface area contributed by atoms with Gasteiger partial charge in [-0.05, 0) is 27.7 Å². The Kier molecular flexibility index (Phi) is 23.0. The Morgan fingerprint density at radius 1 is 0.312 bits per heavy atom. The molecule has 0 bridgehead atoms. The molecule has 0 aromatic heterocycles. The number of halogens is 2. The first kappa shape index (κ1) is 54.5. The third-order valence-corrected chi connectivity index (χ3v) is 16.0. The number of benzene rings is 6. The molecule has 0 aliphatic carbocycles. The van der Waals surface area contributed by atoms with Gasteiger partial charge in [-0.25, -0.2) is 0 Å². The van der Waals surface area contributed by atoms with Gasteiger partial charge in [-0.3, -0.25) is 0 Å². The van der Waals surface area contributed by atoms with E-state index >= 15 is 0 Å². The fourth-order valence-corrected chi connectivity index (χ4v) is 10.5. The summed E-state index contributed by atoms with van der Waals surface area (Å²) in [6.07, 6.45) is -0.424. The summed E-state index contributed by atoms with van der Waals surface area (Å²) in [6.45, 7) is 21.8. The summed E-state index contributed by atoms with van der Waals surface area (Å²) in [5.41, 5.74) is 10.9. The van der Waals surface area contributed by atoms with Gasteiger partial charge < -0.3 is 24.8 Å².